The van der Waals surface area contributed by atoms with Crippen LogP contribution in [-0.2, 0) is 6.54 Å². The van der Waals surface area contributed by atoms with Crippen molar-refractivity contribution < 1.29 is 4.79 Å². The zero-order valence-corrected chi connectivity index (χ0v) is 16.2. The van der Waals surface area contributed by atoms with E-state index in [4.69, 9.17) is 0 Å². The molecule has 0 aliphatic rings. The smallest absolute Gasteiger partial charge is 0.184 e. The maximum Gasteiger partial charge on any atom is 0.184 e. The van der Waals surface area contributed by atoms with Crippen molar-refractivity contribution in [3.63, 3.8) is 0 Å². The Hall–Kier alpha value is -3.49. The van der Waals surface area contributed by atoms with Crippen molar-refractivity contribution in [2.45, 2.75) is 12.6 Å². The molecule has 0 heterocycles. The van der Waals surface area contributed by atoms with Gasteiger partial charge in [0.05, 0.1) is 6.04 Å². The van der Waals surface area contributed by atoms with Gasteiger partial charge in [0, 0.05) is 12.1 Å². The number of hydrogen-bond acceptors (Lipinski definition) is 2. The molecule has 0 amide bonds. The molecule has 1 atom stereocenters. The van der Waals surface area contributed by atoms with Crippen LogP contribution in [0.1, 0.15) is 27.5 Å². The molecule has 0 fully saturated rings. The second kappa shape index (κ2) is 9.13. The molecule has 4 aromatic rings. The lowest BCUT2D eigenvalue weighted by atomic mass is 9.97. The summed E-state index contributed by atoms with van der Waals surface area (Å²) in [4.78, 5) is 13.1. The third-order valence-corrected chi connectivity index (χ3v) is 5.02. The Morgan fingerprint density at radius 2 is 1.14 bits per heavy atom. The fourth-order valence-electron chi connectivity index (χ4n) is 3.44. The van der Waals surface area contributed by atoms with Gasteiger partial charge in [-0.15, -0.1) is 0 Å². The summed E-state index contributed by atoms with van der Waals surface area (Å²) in [5, 5.41) is 3.46. The molecule has 29 heavy (non-hydrogen) atoms. The van der Waals surface area contributed by atoms with Crippen LogP contribution in [0.2, 0.25) is 0 Å². The Labute approximate surface area is 171 Å². The van der Waals surface area contributed by atoms with E-state index in [0.29, 0.717) is 12.1 Å². The van der Waals surface area contributed by atoms with Crippen molar-refractivity contribution in [3.8, 4) is 11.1 Å². The minimum absolute atomic E-state index is 0.0812. The molecule has 4 aromatic carbocycles. The second-order valence-corrected chi connectivity index (χ2v) is 7.02. The molecular weight excluding hydrogens is 354 g/mol. The van der Waals surface area contributed by atoms with Gasteiger partial charge < -0.3 is 0 Å². The Morgan fingerprint density at radius 1 is 0.621 bits per heavy atom. The molecule has 0 aromatic heterocycles. The van der Waals surface area contributed by atoms with Crippen LogP contribution < -0.4 is 5.32 Å². The predicted octanol–water partition coefficient (Wildman–Crippen LogP) is 6.07. The molecule has 1 N–H and O–H groups in total. The van der Waals surface area contributed by atoms with E-state index in [1.807, 2.05) is 78.9 Å². The monoisotopic (exact) mass is 377 g/mol. The van der Waals surface area contributed by atoms with Crippen LogP contribution in [0.25, 0.3) is 11.1 Å². The van der Waals surface area contributed by atoms with Gasteiger partial charge >= 0.3 is 0 Å². The highest BCUT2D eigenvalue weighted by Gasteiger charge is 2.21. The summed E-state index contributed by atoms with van der Waals surface area (Å²) >= 11 is 0. The molecule has 1 unspecified atom stereocenters. The van der Waals surface area contributed by atoms with Gasteiger partial charge in [0.1, 0.15) is 0 Å². The molecule has 0 spiro atoms. The number of Topliss-reactive ketones (excluding diaryl/α,β-unsaturated/α-hetero) is 1. The third kappa shape index (κ3) is 4.68. The number of rotatable bonds is 7. The van der Waals surface area contributed by atoms with E-state index < -0.39 is 0 Å². The molecule has 0 saturated heterocycles. The van der Waals surface area contributed by atoms with Gasteiger partial charge in [-0.25, -0.2) is 0 Å². The zero-order valence-electron chi connectivity index (χ0n) is 16.2. The first kappa shape index (κ1) is 18.9. The minimum Gasteiger partial charge on any atom is -0.299 e. The SMILES string of the molecule is O=C(c1ccccc1)C(NCc1ccc(-c2ccccc2)cc1)c1ccccc1. The Morgan fingerprint density at radius 3 is 1.76 bits per heavy atom. The first-order chi connectivity index (χ1) is 14.3. The standard InChI is InChI=1S/C27H23NO/c29-27(25-14-8-3-9-15-25)26(24-12-6-2-7-13-24)28-20-21-16-18-23(19-17-21)22-10-4-1-5-11-22/h1-19,26,28H,20H2. The van der Waals surface area contributed by atoms with Gasteiger partial charge in [0.15, 0.2) is 5.78 Å². The zero-order chi connectivity index (χ0) is 19.9. The molecule has 0 saturated carbocycles. The number of hydrogen-bond donors (Lipinski definition) is 1. The van der Waals surface area contributed by atoms with Crippen molar-refractivity contribution in [3.05, 3.63) is 132 Å². The number of nitrogens with one attached hydrogen (secondary N) is 1. The van der Waals surface area contributed by atoms with Crippen LogP contribution in [0.15, 0.2) is 115 Å². The predicted molar refractivity (Wildman–Crippen MR) is 119 cm³/mol. The van der Waals surface area contributed by atoms with E-state index >= 15 is 0 Å². The summed E-state index contributed by atoms with van der Waals surface area (Å²) in [5.74, 6) is 0.0812. The summed E-state index contributed by atoms with van der Waals surface area (Å²) < 4.78 is 0. The van der Waals surface area contributed by atoms with Crippen LogP contribution in [-0.4, -0.2) is 5.78 Å². The van der Waals surface area contributed by atoms with Crippen molar-refractivity contribution in [2.75, 3.05) is 0 Å². The average molecular weight is 377 g/mol. The van der Waals surface area contributed by atoms with E-state index in [-0.39, 0.29) is 11.8 Å². The van der Waals surface area contributed by atoms with Crippen LogP contribution in [0.4, 0.5) is 0 Å². The summed E-state index contributed by atoms with van der Waals surface area (Å²) in [6.07, 6.45) is 0. The van der Waals surface area contributed by atoms with E-state index in [0.717, 1.165) is 11.1 Å². The first-order valence-corrected chi connectivity index (χ1v) is 9.83. The minimum atomic E-state index is -0.382. The van der Waals surface area contributed by atoms with Gasteiger partial charge in [-0.05, 0) is 22.3 Å². The van der Waals surface area contributed by atoms with Crippen molar-refractivity contribution >= 4 is 5.78 Å². The summed E-state index contributed by atoms with van der Waals surface area (Å²) in [6.45, 7) is 0.618. The Bertz CT molecular complexity index is 1040. The van der Waals surface area contributed by atoms with Crippen LogP contribution in [0, 0.1) is 0 Å². The molecule has 0 radical (unpaired) electrons. The highest BCUT2D eigenvalue weighted by molar-refractivity contribution is 6.00. The van der Waals surface area contributed by atoms with Crippen molar-refractivity contribution in [2.24, 2.45) is 0 Å². The van der Waals surface area contributed by atoms with Crippen molar-refractivity contribution in [1.82, 2.24) is 5.32 Å². The number of benzene rings is 4. The molecule has 0 aliphatic carbocycles. The molecule has 4 rings (SSSR count). The molecule has 0 bridgehead atoms. The van der Waals surface area contributed by atoms with Crippen LogP contribution in [0.5, 0.6) is 0 Å². The number of carbonyl (C=O) groups is 1. The van der Waals surface area contributed by atoms with E-state index in [1.54, 1.807) is 0 Å². The maximum atomic E-state index is 13.1. The molecule has 2 heteroatoms. The summed E-state index contributed by atoms with van der Waals surface area (Å²) in [7, 11) is 0. The van der Waals surface area contributed by atoms with Gasteiger partial charge in [0.2, 0.25) is 0 Å². The average Bonchev–Trinajstić information content (AvgIpc) is 2.81. The van der Waals surface area contributed by atoms with E-state index in [2.05, 4.69) is 41.7 Å². The lowest BCUT2D eigenvalue weighted by molar-refractivity contribution is 0.0942. The van der Waals surface area contributed by atoms with Gasteiger partial charge in [-0.3, -0.25) is 10.1 Å². The maximum absolute atomic E-state index is 13.1. The highest BCUT2D eigenvalue weighted by atomic mass is 16.1. The molecule has 142 valence electrons. The summed E-state index contributed by atoms with van der Waals surface area (Å²) in [6, 6.07) is 37.8. The fraction of sp³-hybridized carbons (Fsp3) is 0.0741. The number of carbonyl (C=O) groups excluding carboxylic acids is 1. The van der Waals surface area contributed by atoms with Crippen molar-refractivity contribution in [1.29, 1.82) is 0 Å². The normalized spacial score (nSPS) is 11.7. The lowest BCUT2D eigenvalue weighted by Gasteiger charge is -2.18. The quantitative estimate of drug-likeness (QED) is 0.396. The largest absolute Gasteiger partial charge is 0.299 e. The third-order valence-electron chi connectivity index (χ3n) is 5.02. The van der Waals surface area contributed by atoms with Crippen LogP contribution >= 0.6 is 0 Å². The Balaban J connectivity index is 1.52. The van der Waals surface area contributed by atoms with E-state index in [1.165, 1.54) is 11.1 Å². The van der Waals surface area contributed by atoms with Gasteiger partial charge in [-0.2, -0.15) is 0 Å². The first-order valence-electron chi connectivity index (χ1n) is 9.83. The number of ketones is 1. The Kier molecular flexibility index (Phi) is 5.94. The second-order valence-electron chi connectivity index (χ2n) is 7.02. The molecule has 2 nitrogen and oxygen atoms in total. The lowest BCUT2D eigenvalue weighted by Crippen LogP contribution is -2.28. The molecular formula is C27H23NO. The van der Waals surface area contributed by atoms with Crippen LogP contribution in [0.3, 0.4) is 0 Å². The van der Waals surface area contributed by atoms with Gasteiger partial charge in [-0.1, -0.05) is 115 Å². The van der Waals surface area contributed by atoms with Gasteiger partial charge in [0.25, 0.3) is 0 Å². The van der Waals surface area contributed by atoms with E-state index in [9.17, 15) is 4.79 Å². The highest BCUT2D eigenvalue weighted by Crippen LogP contribution is 2.21. The topological polar surface area (TPSA) is 29.1 Å². The fourth-order valence-corrected chi connectivity index (χ4v) is 3.44. The summed E-state index contributed by atoms with van der Waals surface area (Å²) in [5.41, 5.74) is 5.23. The molecule has 0 aliphatic heterocycles.